The molecule has 0 amide bonds. The molecule has 0 aliphatic carbocycles. The van der Waals surface area contributed by atoms with Crippen LogP contribution in [0.3, 0.4) is 0 Å². The fourth-order valence-corrected chi connectivity index (χ4v) is 1.62. The Labute approximate surface area is 96.6 Å². The first-order valence-corrected chi connectivity index (χ1v) is 5.92. The summed E-state index contributed by atoms with van der Waals surface area (Å²) in [5.41, 5.74) is 6.44. The Bertz CT molecular complexity index is 311. The summed E-state index contributed by atoms with van der Waals surface area (Å²) in [5, 5.41) is 17.0. The lowest BCUT2D eigenvalue weighted by Crippen LogP contribution is -2.21. The number of nitrogens with one attached hydrogen (secondary N) is 1. The van der Waals surface area contributed by atoms with E-state index in [1.807, 2.05) is 4.68 Å². The highest BCUT2D eigenvalue weighted by Crippen LogP contribution is 2.17. The molecule has 16 heavy (non-hydrogen) atoms. The molecule has 0 saturated carbocycles. The van der Waals surface area contributed by atoms with Crippen LogP contribution in [-0.2, 0) is 6.54 Å². The fraction of sp³-hybridized carbons (Fsp3) is 0.727. The van der Waals surface area contributed by atoms with Crippen molar-refractivity contribution >= 4 is 11.5 Å². The molecule has 1 atom stereocenters. The van der Waals surface area contributed by atoms with Gasteiger partial charge in [-0.2, -0.15) is 5.10 Å². The van der Waals surface area contributed by atoms with Crippen LogP contribution in [0.25, 0.3) is 0 Å². The average Bonchev–Trinajstić information content (AvgIpc) is 2.58. The fourth-order valence-electron chi connectivity index (χ4n) is 1.62. The normalized spacial score (nSPS) is 12.7. The molecule has 1 unspecified atom stereocenters. The monoisotopic (exact) mass is 226 g/mol. The van der Waals surface area contributed by atoms with E-state index in [4.69, 9.17) is 5.73 Å². The van der Waals surface area contributed by atoms with Gasteiger partial charge >= 0.3 is 0 Å². The van der Waals surface area contributed by atoms with Gasteiger partial charge in [0.05, 0.1) is 18.0 Å². The molecule has 4 N–H and O–H groups in total. The van der Waals surface area contributed by atoms with Gasteiger partial charge < -0.3 is 16.2 Å². The third-order valence-electron chi connectivity index (χ3n) is 2.43. The molecule has 1 aromatic heterocycles. The van der Waals surface area contributed by atoms with Crippen molar-refractivity contribution in [1.82, 2.24) is 9.78 Å². The minimum absolute atomic E-state index is 0.325. The minimum atomic E-state index is -0.325. The van der Waals surface area contributed by atoms with Gasteiger partial charge in [0.25, 0.3) is 0 Å². The summed E-state index contributed by atoms with van der Waals surface area (Å²) in [4.78, 5) is 0. The first-order chi connectivity index (χ1) is 7.69. The first-order valence-electron chi connectivity index (χ1n) is 5.92. The SMILES string of the molecule is CCCC(O)CNc1c(N)cnn1CCC. The second-order valence-corrected chi connectivity index (χ2v) is 4.00. The van der Waals surface area contributed by atoms with Crippen molar-refractivity contribution in [2.45, 2.75) is 45.8 Å². The molecule has 0 aliphatic heterocycles. The zero-order valence-electron chi connectivity index (χ0n) is 10.1. The molecule has 0 saturated heterocycles. The molecular weight excluding hydrogens is 204 g/mol. The van der Waals surface area contributed by atoms with Crippen LogP contribution >= 0.6 is 0 Å². The lowest BCUT2D eigenvalue weighted by molar-refractivity contribution is 0.176. The van der Waals surface area contributed by atoms with Gasteiger partial charge in [-0.15, -0.1) is 0 Å². The predicted molar refractivity (Wildman–Crippen MR) is 66.3 cm³/mol. The van der Waals surface area contributed by atoms with E-state index in [0.717, 1.165) is 31.6 Å². The summed E-state index contributed by atoms with van der Waals surface area (Å²) in [5.74, 6) is 0.817. The van der Waals surface area contributed by atoms with Crippen molar-refractivity contribution < 1.29 is 5.11 Å². The van der Waals surface area contributed by atoms with Gasteiger partial charge in [0.1, 0.15) is 5.82 Å². The van der Waals surface area contributed by atoms with Crippen molar-refractivity contribution in [3.63, 3.8) is 0 Å². The van der Waals surface area contributed by atoms with E-state index in [9.17, 15) is 5.11 Å². The van der Waals surface area contributed by atoms with Crippen LogP contribution in [-0.4, -0.2) is 27.5 Å². The Hall–Kier alpha value is -1.23. The van der Waals surface area contributed by atoms with Crippen LogP contribution in [0.4, 0.5) is 11.5 Å². The summed E-state index contributed by atoms with van der Waals surface area (Å²) >= 11 is 0. The van der Waals surface area contributed by atoms with Crippen molar-refractivity contribution in [2.24, 2.45) is 0 Å². The molecular formula is C11H22N4O. The maximum Gasteiger partial charge on any atom is 0.147 e. The summed E-state index contributed by atoms with van der Waals surface area (Å²) in [6.45, 7) is 5.50. The lowest BCUT2D eigenvalue weighted by Gasteiger charge is -2.13. The van der Waals surface area contributed by atoms with Crippen LogP contribution in [0.2, 0.25) is 0 Å². The topological polar surface area (TPSA) is 76.1 Å². The molecule has 0 bridgehead atoms. The van der Waals surface area contributed by atoms with Crippen LogP contribution in [0.5, 0.6) is 0 Å². The third kappa shape index (κ3) is 3.41. The van der Waals surface area contributed by atoms with Crippen molar-refractivity contribution in [2.75, 3.05) is 17.6 Å². The Morgan fingerprint density at radius 1 is 1.50 bits per heavy atom. The quantitative estimate of drug-likeness (QED) is 0.657. The second kappa shape index (κ2) is 6.37. The standard InChI is InChI=1S/C11H22N4O/c1-3-5-9(16)7-13-11-10(12)8-14-15(11)6-4-2/h8-9,13,16H,3-7,12H2,1-2H3. The number of hydrogen-bond acceptors (Lipinski definition) is 4. The number of anilines is 2. The van der Waals surface area contributed by atoms with E-state index >= 15 is 0 Å². The molecule has 1 aromatic rings. The van der Waals surface area contributed by atoms with Crippen LogP contribution in [0, 0.1) is 0 Å². The summed E-state index contributed by atoms with van der Waals surface area (Å²) in [6, 6.07) is 0. The zero-order chi connectivity index (χ0) is 12.0. The van der Waals surface area contributed by atoms with Crippen LogP contribution in [0.15, 0.2) is 6.20 Å². The van der Waals surface area contributed by atoms with E-state index in [0.29, 0.717) is 12.2 Å². The zero-order valence-corrected chi connectivity index (χ0v) is 10.1. The molecule has 5 heteroatoms. The molecule has 1 rings (SSSR count). The van der Waals surface area contributed by atoms with Crippen molar-refractivity contribution in [1.29, 1.82) is 0 Å². The van der Waals surface area contributed by atoms with Crippen LogP contribution < -0.4 is 11.1 Å². The van der Waals surface area contributed by atoms with E-state index in [1.165, 1.54) is 0 Å². The number of hydrogen-bond donors (Lipinski definition) is 3. The number of aliphatic hydroxyl groups excluding tert-OH is 1. The molecule has 5 nitrogen and oxygen atoms in total. The smallest absolute Gasteiger partial charge is 0.147 e. The van der Waals surface area contributed by atoms with Crippen molar-refractivity contribution in [3.05, 3.63) is 6.20 Å². The van der Waals surface area contributed by atoms with Crippen LogP contribution in [0.1, 0.15) is 33.1 Å². The van der Waals surface area contributed by atoms with Gasteiger partial charge in [0.2, 0.25) is 0 Å². The number of aryl methyl sites for hydroxylation is 1. The molecule has 0 aliphatic rings. The highest BCUT2D eigenvalue weighted by molar-refractivity contribution is 5.60. The molecule has 0 spiro atoms. The average molecular weight is 226 g/mol. The maximum atomic E-state index is 9.63. The number of nitrogens with zero attached hydrogens (tertiary/aromatic N) is 2. The van der Waals surface area contributed by atoms with Gasteiger partial charge in [0, 0.05) is 13.1 Å². The van der Waals surface area contributed by atoms with Gasteiger partial charge in [-0.25, -0.2) is 4.68 Å². The summed E-state index contributed by atoms with van der Waals surface area (Å²) < 4.78 is 1.84. The number of nitrogen functional groups attached to an aromatic ring is 1. The minimum Gasteiger partial charge on any atom is -0.394 e. The molecule has 0 radical (unpaired) electrons. The van der Waals surface area contributed by atoms with Gasteiger partial charge in [-0.05, 0) is 12.8 Å². The Morgan fingerprint density at radius 2 is 2.25 bits per heavy atom. The second-order valence-electron chi connectivity index (χ2n) is 4.00. The number of aliphatic hydroxyl groups is 1. The van der Waals surface area contributed by atoms with E-state index in [1.54, 1.807) is 6.20 Å². The maximum absolute atomic E-state index is 9.63. The number of nitrogens with two attached hydrogens (primary N) is 1. The van der Waals surface area contributed by atoms with Gasteiger partial charge in [0.15, 0.2) is 0 Å². The highest BCUT2D eigenvalue weighted by Gasteiger charge is 2.09. The van der Waals surface area contributed by atoms with E-state index < -0.39 is 0 Å². The van der Waals surface area contributed by atoms with Gasteiger partial charge in [-0.3, -0.25) is 0 Å². The Morgan fingerprint density at radius 3 is 2.88 bits per heavy atom. The number of rotatable bonds is 7. The summed E-state index contributed by atoms with van der Waals surface area (Å²) in [7, 11) is 0. The largest absolute Gasteiger partial charge is 0.394 e. The van der Waals surface area contributed by atoms with Gasteiger partial charge in [-0.1, -0.05) is 20.3 Å². The van der Waals surface area contributed by atoms with E-state index in [2.05, 4.69) is 24.3 Å². The van der Waals surface area contributed by atoms with E-state index in [-0.39, 0.29) is 6.10 Å². The molecule has 0 fully saturated rings. The highest BCUT2D eigenvalue weighted by atomic mass is 16.3. The molecule has 92 valence electrons. The molecule has 1 heterocycles. The molecule has 0 aromatic carbocycles. The number of aromatic nitrogens is 2. The predicted octanol–water partition coefficient (Wildman–Crippen LogP) is 1.45. The summed E-state index contributed by atoms with van der Waals surface area (Å²) in [6.07, 6.45) is 4.10. The first kappa shape index (κ1) is 12.8. The Kier molecular flexibility index (Phi) is 5.11. The van der Waals surface area contributed by atoms with Crippen molar-refractivity contribution in [3.8, 4) is 0 Å². The third-order valence-corrected chi connectivity index (χ3v) is 2.43. The Balaban J connectivity index is 2.54. The lowest BCUT2D eigenvalue weighted by atomic mass is 10.2.